The minimum absolute atomic E-state index is 0.195. The molecule has 4 nitrogen and oxygen atoms in total. The number of rotatable bonds is 4. The zero-order valence-corrected chi connectivity index (χ0v) is 12.0. The van der Waals surface area contributed by atoms with Gasteiger partial charge in [0.05, 0.1) is 0 Å². The first-order valence-corrected chi connectivity index (χ1v) is 7.38. The lowest BCUT2D eigenvalue weighted by Gasteiger charge is -2.19. The molecule has 4 heteroatoms. The van der Waals surface area contributed by atoms with Gasteiger partial charge in [0.1, 0.15) is 6.61 Å². The van der Waals surface area contributed by atoms with E-state index in [4.69, 9.17) is 4.74 Å². The summed E-state index contributed by atoms with van der Waals surface area (Å²) in [6, 6.07) is 10.2. The summed E-state index contributed by atoms with van der Waals surface area (Å²) in [5.41, 5.74) is 1.36. The number of ether oxygens (including phenoxy) is 1. The molecule has 1 aromatic rings. The standard InChI is InChI=1S/C16H22N2O2/c1-16(8-9-16)17-14-7-10-18(11-14)15(19)20-12-13-5-3-2-4-6-13/h2-6,14,17H,7-12H2,1H3. The Labute approximate surface area is 120 Å². The SMILES string of the molecule is CC1(NC2CCN(C(=O)OCc3ccccc3)C2)CC1. The number of carbonyl (C=O) groups excluding carboxylic acids is 1. The van der Waals surface area contributed by atoms with Gasteiger partial charge < -0.3 is 15.0 Å². The Balaban J connectivity index is 1.44. The maximum absolute atomic E-state index is 12.0. The quantitative estimate of drug-likeness (QED) is 0.917. The maximum Gasteiger partial charge on any atom is 0.410 e. The van der Waals surface area contributed by atoms with Crippen LogP contribution in [0.2, 0.25) is 0 Å². The van der Waals surface area contributed by atoms with Gasteiger partial charge in [-0.25, -0.2) is 4.79 Å². The predicted molar refractivity (Wildman–Crippen MR) is 77.4 cm³/mol. The summed E-state index contributed by atoms with van der Waals surface area (Å²) < 4.78 is 5.37. The molecule has 1 saturated carbocycles. The maximum atomic E-state index is 12.0. The van der Waals surface area contributed by atoms with E-state index in [0.29, 0.717) is 18.2 Å². The second kappa shape index (κ2) is 5.44. The molecule has 3 rings (SSSR count). The molecule has 1 heterocycles. The Hall–Kier alpha value is -1.55. The second-order valence-corrected chi connectivity index (χ2v) is 6.18. The lowest BCUT2D eigenvalue weighted by atomic mass is 10.2. The molecule has 1 unspecified atom stereocenters. The third-order valence-electron chi connectivity index (χ3n) is 4.20. The van der Waals surface area contributed by atoms with E-state index in [1.165, 1.54) is 12.8 Å². The zero-order chi connectivity index (χ0) is 14.0. The van der Waals surface area contributed by atoms with Gasteiger partial charge in [-0.05, 0) is 31.7 Å². The average Bonchev–Trinajstić information content (AvgIpc) is 3.00. The highest BCUT2D eigenvalue weighted by atomic mass is 16.6. The van der Waals surface area contributed by atoms with E-state index in [-0.39, 0.29) is 6.09 Å². The predicted octanol–water partition coefficient (Wildman–Crippen LogP) is 2.54. The fourth-order valence-electron chi connectivity index (χ4n) is 2.68. The van der Waals surface area contributed by atoms with Crippen LogP contribution in [-0.2, 0) is 11.3 Å². The molecule has 0 bridgehead atoms. The number of likely N-dealkylation sites (tertiary alicyclic amines) is 1. The van der Waals surface area contributed by atoms with Gasteiger partial charge in [-0.15, -0.1) is 0 Å². The molecule has 20 heavy (non-hydrogen) atoms. The first-order chi connectivity index (χ1) is 9.65. The van der Waals surface area contributed by atoms with Gasteiger partial charge in [0.15, 0.2) is 0 Å². The Morgan fingerprint density at radius 1 is 1.40 bits per heavy atom. The number of hydrogen-bond acceptors (Lipinski definition) is 3. The fraction of sp³-hybridized carbons (Fsp3) is 0.562. The van der Waals surface area contributed by atoms with Crippen LogP contribution in [0.3, 0.4) is 0 Å². The summed E-state index contributed by atoms with van der Waals surface area (Å²) >= 11 is 0. The van der Waals surface area contributed by atoms with Crippen LogP contribution in [0.1, 0.15) is 31.7 Å². The number of carbonyl (C=O) groups is 1. The van der Waals surface area contributed by atoms with E-state index in [1.54, 1.807) is 0 Å². The Morgan fingerprint density at radius 2 is 2.15 bits per heavy atom. The number of nitrogens with one attached hydrogen (secondary N) is 1. The molecule has 2 aliphatic rings. The molecule has 108 valence electrons. The van der Waals surface area contributed by atoms with Crippen molar-refractivity contribution in [2.24, 2.45) is 0 Å². The Bertz CT molecular complexity index is 471. The van der Waals surface area contributed by atoms with Crippen LogP contribution in [0.15, 0.2) is 30.3 Å². The molecule has 1 aliphatic heterocycles. The van der Waals surface area contributed by atoms with Gasteiger partial charge in [0.25, 0.3) is 0 Å². The van der Waals surface area contributed by atoms with Crippen molar-refractivity contribution >= 4 is 6.09 Å². The van der Waals surface area contributed by atoms with Crippen molar-refractivity contribution in [3.05, 3.63) is 35.9 Å². The normalized spacial score (nSPS) is 23.6. The van der Waals surface area contributed by atoms with Gasteiger partial charge in [0.2, 0.25) is 0 Å². The van der Waals surface area contributed by atoms with E-state index in [0.717, 1.165) is 25.1 Å². The molecule has 0 aromatic heterocycles. The third kappa shape index (κ3) is 3.31. The Morgan fingerprint density at radius 3 is 2.85 bits per heavy atom. The molecular weight excluding hydrogens is 252 g/mol. The summed E-state index contributed by atoms with van der Waals surface area (Å²) in [4.78, 5) is 13.8. The van der Waals surface area contributed by atoms with Crippen molar-refractivity contribution in [1.29, 1.82) is 0 Å². The molecule has 0 spiro atoms. The first kappa shape index (κ1) is 13.4. The fourth-order valence-corrected chi connectivity index (χ4v) is 2.68. The molecule has 1 amide bonds. The number of amides is 1. The monoisotopic (exact) mass is 274 g/mol. The Kier molecular flexibility index (Phi) is 3.66. The van der Waals surface area contributed by atoms with Crippen LogP contribution >= 0.6 is 0 Å². The third-order valence-corrected chi connectivity index (χ3v) is 4.20. The lowest BCUT2D eigenvalue weighted by molar-refractivity contribution is 0.103. The lowest BCUT2D eigenvalue weighted by Crippen LogP contribution is -2.41. The molecule has 0 radical (unpaired) electrons. The van der Waals surface area contributed by atoms with Crippen molar-refractivity contribution in [3.8, 4) is 0 Å². The van der Waals surface area contributed by atoms with E-state index < -0.39 is 0 Å². The summed E-state index contributed by atoms with van der Waals surface area (Å²) in [7, 11) is 0. The van der Waals surface area contributed by atoms with Crippen molar-refractivity contribution in [1.82, 2.24) is 10.2 Å². The molecular formula is C16H22N2O2. The van der Waals surface area contributed by atoms with Crippen molar-refractivity contribution < 1.29 is 9.53 Å². The minimum atomic E-state index is -0.195. The first-order valence-electron chi connectivity index (χ1n) is 7.38. The van der Waals surface area contributed by atoms with E-state index >= 15 is 0 Å². The summed E-state index contributed by atoms with van der Waals surface area (Å²) in [5.74, 6) is 0. The smallest absolute Gasteiger partial charge is 0.410 e. The average molecular weight is 274 g/mol. The van der Waals surface area contributed by atoms with Crippen molar-refractivity contribution in [2.75, 3.05) is 13.1 Å². The molecule has 1 atom stereocenters. The largest absolute Gasteiger partial charge is 0.445 e. The van der Waals surface area contributed by atoms with E-state index in [1.807, 2.05) is 35.2 Å². The summed E-state index contributed by atoms with van der Waals surface area (Å²) in [6.07, 6.45) is 3.33. The van der Waals surface area contributed by atoms with Gasteiger partial charge >= 0.3 is 6.09 Å². The van der Waals surface area contributed by atoms with Crippen LogP contribution in [0, 0.1) is 0 Å². The highest BCUT2D eigenvalue weighted by molar-refractivity contribution is 5.68. The minimum Gasteiger partial charge on any atom is -0.445 e. The molecule has 1 saturated heterocycles. The molecule has 1 aliphatic carbocycles. The summed E-state index contributed by atoms with van der Waals surface area (Å²) in [5, 5.41) is 3.64. The second-order valence-electron chi connectivity index (χ2n) is 6.18. The van der Waals surface area contributed by atoms with Crippen LogP contribution in [0.5, 0.6) is 0 Å². The van der Waals surface area contributed by atoms with Crippen LogP contribution in [0.25, 0.3) is 0 Å². The van der Waals surface area contributed by atoms with E-state index in [2.05, 4.69) is 12.2 Å². The zero-order valence-electron chi connectivity index (χ0n) is 12.0. The molecule has 1 N–H and O–H groups in total. The van der Waals surface area contributed by atoms with E-state index in [9.17, 15) is 4.79 Å². The van der Waals surface area contributed by atoms with Gasteiger partial charge in [0, 0.05) is 24.7 Å². The van der Waals surface area contributed by atoms with Crippen LogP contribution in [0.4, 0.5) is 4.79 Å². The van der Waals surface area contributed by atoms with Gasteiger partial charge in [-0.3, -0.25) is 0 Å². The molecule has 1 aromatic carbocycles. The van der Waals surface area contributed by atoms with Gasteiger partial charge in [-0.2, -0.15) is 0 Å². The van der Waals surface area contributed by atoms with Crippen molar-refractivity contribution in [2.45, 2.75) is 44.4 Å². The summed E-state index contributed by atoms with van der Waals surface area (Å²) in [6.45, 7) is 4.17. The number of benzene rings is 1. The highest BCUT2D eigenvalue weighted by Gasteiger charge is 2.40. The van der Waals surface area contributed by atoms with Crippen LogP contribution < -0.4 is 5.32 Å². The molecule has 2 fully saturated rings. The highest BCUT2D eigenvalue weighted by Crippen LogP contribution is 2.35. The van der Waals surface area contributed by atoms with Crippen molar-refractivity contribution in [3.63, 3.8) is 0 Å². The van der Waals surface area contributed by atoms with Gasteiger partial charge in [-0.1, -0.05) is 30.3 Å². The topological polar surface area (TPSA) is 41.6 Å². The number of hydrogen-bond donors (Lipinski definition) is 1. The number of nitrogens with zero attached hydrogens (tertiary/aromatic N) is 1. The van der Waals surface area contributed by atoms with Crippen LogP contribution in [-0.4, -0.2) is 35.7 Å².